The Morgan fingerprint density at radius 3 is 2.59 bits per heavy atom. The first kappa shape index (κ1) is 20.6. The smallest absolute Gasteiger partial charge is 0.344 e. The van der Waals surface area contributed by atoms with Crippen LogP contribution in [0.4, 0.5) is 9.18 Å². The zero-order chi connectivity index (χ0) is 20.0. The highest BCUT2D eigenvalue weighted by Gasteiger charge is 2.47. The van der Waals surface area contributed by atoms with Crippen LogP contribution in [0.3, 0.4) is 0 Å². The molecule has 9 heteroatoms. The van der Waals surface area contributed by atoms with Gasteiger partial charge in [-0.05, 0) is 51.1 Å². The number of ether oxygens (including phenoxy) is 1. The molecule has 0 aromatic heterocycles. The first-order valence-corrected chi connectivity index (χ1v) is 8.78. The van der Waals surface area contributed by atoms with Crippen LogP contribution >= 0.6 is 0 Å². The van der Waals surface area contributed by atoms with Crippen LogP contribution in [0.1, 0.15) is 26.7 Å². The molecule has 1 saturated heterocycles. The van der Waals surface area contributed by atoms with Crippen molar-refractivity contribution < 1.29 is 23.5 Å². The molecule has 1 aliphatic rings. The molecule has 1 aromatic carbocycles. The summed E-state index contributed by atoms with van der Waals surface area (Å²) in [5, 5.41) is 3.30. The number of urea groups is 1. The highest BCUT2D eigenvalue weighted by molar-refractivity contribution is 6.07. The van der Waals surface area contributed by atoms with Crippen LogP contribution in [-0.4, -0.2) is 60.0 Å². The summed E-state index contributed by atoms with van der Waals surface area (Å²) in [6, 6.07) is 5.12. The minimum absolute atomic E-state index is 0.0243. The van der Waals surface area contributed by atoms with E-state index in [0.717, 1.165) is 5.01 Å². The maximum Gasteiger partial charge on any atom is 0.344 e. The van der Waals surface area contributed by atoms with E-state index >= 15 is 0 Å². The van der Waals surface area contributed by atoms with E-state index in [4.69, 9.17) is 4.74 Å². The number of carbonyl (C=O) groups excluding carboxylic acids is 3. The van der Waals surface area contributed by atoms with E-state index in [-0.39, 0.29) is 12.4 Å². The Bertz CT molecular complexity index is 697. The fraction of sp³-hybridized carbons (Fsp3) is 0.500. The molecule has 0 bridgehead atoms. The molecule has 0 spiro atoms. The fourth-order valence-corrected chi connectivity index (χ4v) is 2.57. The van der Waals surface area contributed by atoms with Crippen LogP contribution in [0, 0.1) is 5.82 Å². The average molecular weight is 380 g/mol. The molecule has 1 atom stereocenters. The third-order valence-electron chi connectivity index (χ3n) is 4.38. The minimum Gasteiger partial charge on any atom is -0.494 e. The van der Waals surface area contributed by atoms with E-state index < -0.39 is 23.4 Å². The Balaban J connectivity index is 1.70. The largest absolute Gasteiger partial charge is 0.494 e. The lowest BCUT2D eigenvalue weighted by Crippen LogP contribution is -2.50. The lowest BCUT2D eigenvalue weighted by atomic mass is 10.00. The maximum atomic E-state index is 12.8. The molecular weight excluding hydrogens is 355 g/mol. The van der Waals surface area contributed by atoms with Gasteiger partial charge in [-0.15, -0.1) is 0 Å². The summed E-state index contributed by atoms with van der Waals surface area (Å²) in [6.07, 6.45) is 1.08. The number of hydrogen-bond acceptors (Lipinski definition) is 5. The van der Waals surface area contributed by atoms with E-state index in [9.17, 15) is 18.8 Å². The maximum absolute atomic E-state index is 12.8. The summed E-state index contributed by atoms with van der Waals surface area (Å²) in [4.78, 5) is 37.9. The Kier molecular flexibility index (Phi) is 6.73. The second-order valence-electron chi connectivity index (χ2n) is 6.69. The number of hydrazine groups is 1. The second kappa shape index (κ2) is 8.81. The van der Waals surface area contributed by atoms with Gasteiger partial charge in [-0.1, -0.05) is 6.92 Å². The Labute approximate surface area is 157 Å². The molecule has 4 amide bonds. The summed E-state index contributed by atoms with van der Waals surface area (Å²) >= 11 is 0. The van der Waals surface area contributed by atoms with Crippen molar-refractivity contribution in [2.75, 3.05) is 26.7 Å². The van der Waals surface area contributed by atoms with Crippen molar-refractivity contribution in [2.24, 2.45) is 0 Å². The molecule has 1 fully saturated rings. The Morgan fingerprint density at radius 1 is 1.33 bits per heavy atom. The molecule has 2 rings (SSSR count). The molecular formula is C18H25FN4O4. The third kappa shape index (κ3) is 5.40. The summed E-state index contributed by atoms with van der Waals surface area (Å²) in [6.45, 7) is 4.41. The van der Waals surface area contributed by atoms with Gasteiger partial charge in [-0.25, -0.2) is 9.18 Å². The summed E-state index contributed by atoms with van der Waals surface area (Å²) in [5.74, 6) is -0.675. The predicted molar refractivity (Wildman–Crippen MR) is 96.2 cm³/mol. The van der Waals surface area contributed by atoms with Crippen molar-refractivity contribution >= 4 is 17.8 Å². The van der Waals surface area contributed by atoms with Gasteiger partial charge in [-0.3, -0.25) is 19.9 Å². The molecule has 0 saturated carbocycles. The quantitative estimate of drug-likeness (QED) is 0.497. The number of rotatable bonds is 9. The van der Waals surface area contributed by atoms with Crippen molar-refractivity contribution in [1.29, 1.82) is 0 Å². The van der Waals surface area contributed by atoms with Crippen molar-refractivity contribution in [2.45, 2.75) is 32.2 Å². The molecule has 0 aliphatic carbocycles. The average Bonchev–Trinajstić information content (AvgIpc) is 2.84. The minimum atomic E-state index is -0.992. The van der Waals surface area contributed by atoms with Crippen LogP contribution in [0.5, 0.6) is 5.75 Å². The number of carbonyl (C=O) groups is 3. The molecule has 1 aromatic rings. The first-order chi connectivity index (χ1) is 12.7. The number of likely N-dealkylation sites (N-methyl/N-ethyl adjacent to an activating group) is 1. The first-order valence-electron chi connectivity index (χ1n) is 8.78. The molecule has 1 heterocycles. The van der Waals surface area contributed by atoms with Crippen LogP contribution in [0.15, 0.2) is 24.3 Å². The van der Waals surface area contributed by atoms with Gasteiger partial charge in [0.25, 0.3) is 11.8 Å². The number of hydrogen-bond donors (Lipinski definition) is 2. The van der Waals surface area contributed by atoms with E-state index in [1.165, 1.54) is 12.1 Å². The number of amides is 4. The van der Waals surface area contributed by atoms with Crippen molar-refractivity contribution in [1.82, 2.24) is 20.7 Å². The number of imide groups is 1. The molecule has 148 valence electrons. The number of nitrogens with one attached hydrogen (secondary N) is 2. The lowest BCUT2D eigenvalue weighted by molar-refractivity contribution is -0.139. The number of benzene rings is 1. The van der Waals surface area contributed by atoms with Gasteiger partial charge >= 0.3 is 6.03 Å². The molecule has 2 N–H and O–H groups in total. The normalized spacial score (nSPS) is 19.4. The van der Waals surface area contributed by atoms with Gasteiger partial charge < -0.3 is 10.1 Å². The third-order valence-corrected chi connectivity index (χ3v) is 4.38. The lowest BCUT2D eigenvalue weighted by Gasteiger charge is -2.21. The molecule has 0 radical (unpaired) electrons. The van der Waals surface area contributed by atoms with Gasteiger partial charge in [0.1, 0.15) is 17.1 Å². The number of nitrogens with zero attached hydrogens (tertiary/aromatic N) is 2. The SMILES string of the molecule is CCC1(C)NC(=O)N(NC(=O)CN(C)CCCOc2ccc(F)cc2)C1=O. The van der Waals surface area contributed by atoms with Gasteiger partial charge in [0, 0.05) is 6.54 Å². The number of halogens is 1. The Morgan fingerprint density at radius 2 is 2.00 bits per heavy atom. The van der Waals surface area contributed by atoms with Crippen molar-refractivity contribution in [3.05, 3.63) is 30.1 Å². The van der Waals surface area contributed by atoms with Crippen molar-refractivity contribution in [3.8, 4) is 5.75 Å². The second-order valence-corrected chi connectivity index (χ2v) is 6.69. The van der Waals surface area contributed by atoms with Crippen LogP contribution in [0.25, 0.3) is 0 Å². The standard InChI is InChI=1S/C18H25FN4O4/c1-4-18(2)16(25)23(17(26)20-18)21-15(24)12-22(3)10-5-11-27-14-8-6-13(19)7-9-14/h6-9H,4-5,10-12H2,1-3H3,(H,20,26)(H,21,24). The van der Waals surface area contributed by atoms with Crippen LogP contribution in [0.2, 0.25) is 0 Å². The summed E-state index contributed by atoms with van der Waals surface area (Å²) in [7, 11) is 1.75. The molecule has 8 nitrogen and oxygen atoms in total. The predicted octanol–water partition coefficient (Wildman–Crippen LogP) is 1.28. The summed E-state index contributed by atoms with van der Waals surface area (Å²) in [5.41, 5.74) is 1.35. The highest BCUT2D eigenvalue weighted by atomic mass is 19.1. The van der Waals surface area contributed by atoms with E-state index in [0.29, 0.717) is 31.7 Å². The monoisotopic (exact) mass is 380 g/mol. The zero-order valence-corrected chi connectivity index (χ0v) is 15.8. The van der Waals surface area contributed by atoms with Crippen LogP contribution < -0.4 is 15.5 Å². The molecule has 1 unspecified atom stereocenters. The van der Waals surface area contributed by atoms with Gasteiger partial charge in [0.2, 0.25) is 0 Å². The molecule has 27 heavy (non-hydrogen) atoms. The highest BCUT2D eigenvalue weighted by Crippen LogP contribution is 2.19. The Hall–Kier alpha value is -2.68. The fourth-order valence-electron chi connectivity index (χ4n) is 2.57. The van der Waals surface area contributed by atoms with Gasteiger partial charge in [0.05, 0.1) is 13.2 Å². The topological polar surface area (TPSA) is 91.0 Å². The van der Waals surface area contributed by atoms with E-state index in [2.05, 4.69) is 10.7 Å². The van der Waals surface area contributed by atoms with Gasteiger partial charge in [-0.2, -0.15) is 5.01 Å². The van der Waals surface area contributed by atoms with Gasteiger partial charge in [0.15, 0.2) is 0 Å². The van der Waals surface area contributed by atoms with Crippen LogP contribution in [-0.2, 0) is 9.59 Å². The zero-order valence-electron chi connectivity index (χ0n) is 15.8. The van der Waals surface area contributed by atoms with E-state index in [1.54, 1.807) is 37.9 Å². The van der Waals surface area contributed by atoms with Crippen molar-refractivity contribution in [3.63, 3.8) is 0 Å². The van der Waals surface area contributed by atoms with E-state index in [1.807, 2.05) is 0 Å². The molecule has 1 aliphatic heterocycles. The summed E-state index contributed by atoms with van der Waals surface area (Å²) < 4.78 is 18.3.